The Labute approximate surface area is 270 Å². The molecule has 3 aliphatic heterocycles. The van der Waals surface area contributed by atoms with Gasteiger partial charge < -0.3 is 19.1 Å². The molecule has 2 aromatic heterocycles. The molecule has 0 aliphatic carbocycles. The normalized spacial score (nSPS) is 22.0. The van der Waals surface area contributed by atoms with Crippen molar-refractivity contribution in [1.29, 1.82) is 0 Å². The lowest BCUT2D eigenvalue weighted by molar-refractivity contribution is -0.125. The first-order valence-corrected chi connectivity index (χ1v) is 16.4. The highest BCUT2D eigenvalue weighted by Crippen LogP contribution is 2.26. The Morgan fingerprint density at radius 3 is 1.91 bits per heavy atom. The van der Waals surface area contributed by atoms with Crippen LogP contribution in [0.1, 0.15) is 116 Å². The first kappa shape index (κ1) is 36.4. The van der Waals surface area contributed by atoms with Crippen molar-refractivity contribution in [2.24, 2.45) is 5.92 Å². The zero-order valence-corrected chi connectivity index (χ0v) is 28.6. The number of rotatable bonds is 8. The summed E-state index contributed by atoms with van der Waals surface area (Å²) in [6, 6.07) is 3.91. The highest BCUT2D eigenvalue weighted by molar-refractivity contribution is 5.86. The van der Waals surface area contributed by atoms with E-state index in [1.807, 2.05) is 12.1 Å². The van der Waals surface area contributed by atoms with Gasteiger partial charge in [0.15, 0.2) is 11.6 Å². The third-order valence-corrected chi connectivity index (χ3v) is 8.82. The van der Waals surface area contributed by atoms with Crippen molar-refractivity contribution < 1.29 is 23.4 Å². The SMILES string of the molecule is CC(C)(C)c1cc(CC(=O)[C@@H]2CCCCN2)no1.CC(C)(C)c1cc(CC(=O)[C@@H]2CCCCN2CC2CCOCC2)no1.Cl. The van der Waals surface area contributed by atoms with Gasteiger partial charge in [0.05, 0.1) is 36.3 Å². The lowest BCUT2D eigenvalue weighted by Crippen LogP contribution is -2.47. The van der Waals surface area contributed by atoms with Crippen molar-refractivity contribution in [3.05, 3.63) is 35.0 Å². The summed E-state index contributed by atoms with van der Waals surface area (Å²) in [4.78, 5) is 27.4. The Bertz CT molecular complexity index is 1170. The summed E-state index contributed by atoms with van der Waals surface area (Å²) in [6.45, 7) is 17.2. The van der Waals surface area contributed by atoms with Gasteiger partial charge in [0.1, 0.15) is 11.5 Å². The molecule has 0 amide bonds. The molecule has 0 spiro atoms. The molecule has 0 saturated carbocycles. The Morgan fingerprint density at radius 2 is 1.39 bits per heavy atom. The van der Waals surface area contributed by atoms with E-state index in [1.165, 1.54) is 12.8 Å². The van der Waals surface area contributed by atoms with Gasteiger partial charge in [-0.15, -0.1) is 12.4 Å². The molecule has 9 nitrogen and oxygen atoms in total. The van der Waals surface area contributed by atoms with Gasteiger partial charge in [-0.25, -0.2) is 0 Å². The van der Waals surface area contributed by atoms with Gasteiger partial charge >= 0.3 is 0 Å². The molecule has 5 heterocycles. The van der Waals surface area contributed by atoms with Crippen LogP contribution in [0.2, 0.25) is 0 Å². The first-order valence-electron chi connectivity index (χ1n) is 16.4. The van der Waals surface area contributed by atoms with Gasteiger partial charge in [-0.05, 0) is 57.5 Å². The average molecular weight is 635 g/mol. The quantitative estimate of drug-likeness (QED) is 0.373. The van der Waals surface area contributed by atoms with Crippen molar-refractivity contribution in [1.82, 2.24) is 20.5 Å². The van der Waals surface area contributed by atoms with E-state index >= 15 is 0 Å². The van der Waals surface area contributed by atoms with Crippen molar-refractivity contribution in [3.8, 4) is 0 Å². The smallest absolute Gasteiger partial charge is 0.156 e. The van der Waals surface area contributed by atoms with Crippen LogP contribution in [0.4, 0.5) is 0 Å². The number of aromatic nitrogens is 2. The van der Waals surface area contributed by atoms with Gasteiger partial charge in [-0.1, -0.05) is 64.7 Å². The van der Waals surface area contributed by atoms with Crippen LogP contribution in [-0.2, 0) is 38.0 Å². The zero-order chi connectivity index (χ0) is 31.0. The topological polar surface area (TPSA) is 111 Å². The predicted molar refractivity (Wildman–Crippen MR) is 173 cm³/mol. The largest absolute Gasteiger partial charge is 0.381 e. The minimum Gasteiger partial charge on any atom is -0.381 e. The Balaban J connectivity index is 0.000000247. The van der Waals surface area contributed by atoms with Crippen LogP contribution in [0.5, 0.6) is 0 Å². The molecule has 2 aromatic rings. The minimum atomic E-state index is -0.0752. The molecule has 5 rings (SSSR count). The Kier molecular flexibility index (Phi) is 13.6. The van der Waals surface area contributed by atoms with E-state index < -0.39 is 0 Å². The Morgan fingerprint density at radius 1 is 0.818 bits per heavy atom. The van der Waals surface area contributed by atoms with E-state index in [4.69, 9.17) is 13.8 Å². The number of halogens is 1. The maximum atomic E-state index is 12.9. The molecular weight excluding hydrogens is 580 g/mol. The number of carbonyl (C=O) groups excluding carboxylic acids is 2. The fraction of sp³-hybridized carbons (Fsp3) is 0.765. The molecule has 248 valence electrons. The van der Waals surface area contributed by atoms with Crippen molar-refractivity contribution in [2.75, 3.05) is 32.8 Å². The molecule has 3 saturated heterocycles. The van der Waals surface area contributed by atoms with E-state index in [2.05, 4.69) is 62.1 Å². The monoisotopic (exact) mass is 634 g/mol. The second-order valence-electron chi connectivity index (χ2n) is 14.7. The molecule has 0 bridgehead atoms. The predicted octanol–water partition coefficient (Wildman–Crippen LogP) is 6.01. The van der Waals surface area contributed by atoms with E-state index in [-0.39, 0.29) is 41.1 Å². The first-order chi connectivity index (χ1) is 20.4. The summed E-state index contributed by atoms with van der Waals surface area (Å²) in [5.41, 5.74) is 1.38. The molecule has 3 fully saturated rings. The van der Waals surface area contributed by atoms with E-state index in [0.29, 0.717) is 24.5 Å². The maximum absolute atomic E-state index is 12.9. The summed E-state index contributed by atoms with van der Waals surface area (Å²) in [7, 11) is 0. The van der Waals surface area contributed by atoms with Crippen LogP contribution in [0.25, 0.3) is 0 Å². The molecular formula is C34H55ClN4O5. The summed E-state index contributed by atoms with van der Waals surface area (Å²) in [5, 5.41) is 11.4. The molecule has 0 radical (unpaired) electrons. The van der Waals surface area contributed by atoms with Crippen LogP contribution in [0.15, 0.2) is 21.2 Å². The van der Waals surface area contributed by atoms with Crippen molar-refractivity contribution in [3.63, 3.8) is 0 Å². The van der Waals surface area contributed by atoms with Gasteiger partial charge in [0.2, 0.25) is 0 Å². The fourth-order valence-corrected chi connectivity index (χ4v) is 6.06. The lowest BCUT2D eigenvalue weighted by atomic mass is 9.91. The molecule has 1 N–H and O–H groups in total. The number of piperidine rings is 2. The zero-order valence-electron chi connectivity index (χ0n) is 27.8. The van der Waals surface area contributed by atoms with Crippen LogP contribution in [0.3, 0.4) is 0 Å². The number of ether oxygens (including phenoxy) is 1. The highest BCUT2D eigenvalue weighted by Gasteiger charge is 2.31. The Hall–Kier alpha value is -2.07. The molecule has 3 aliphatic rings. The molecule has 2 atom stereocenters. The van der Waals surface area contributed by atoms with Crippen LogP contribution < -0.4 is 5.32 Å². The van der Waals surface area contributed by atoms with Crippen LogP contribution in [0, 0.1) is 5.92 Å². The summed E-state index contributed by atoms with van der Waals surface area (Å²) in [5.74, 6) is 2.87. The second-order valence-corrected chi connectivity index (χ2v) is 14.7. The van der Waals surface area contributed by atoms with Crippen LogP contribution in [-0.4, -0.2) is 71.7 Å². The van der Waals surface area contributed by atoms with Gasteiger partial charge in [0.25, 0.3) is 0 Å². The summed E-state index contributed by atoms with van der Waals surface area (Å²) >= 11 is 0. The summed E-state index contributed by atoms with van der Waals surface area (Å²) < 4.78 is 16.2. The number of Topliss-reactive ketones (excluding diaryl/α,β-unsaturated/α-hetero) is 2. The number of nitrogens with one attached hydrogen (secondary N) is 1. The average Bonchev–Trinajstić information content (AvgIpc) is 3.65. The highest BCUT2D eigenvalue weighted by atomic mass is 35.5. The number of ketones is 2. The molecule has 0 unspecified atom stereocenters. The number of nitrogens with zero attached hydrogens (tertiary/aromatic N) is 3. The second kappa shape index (κ2) is 16.5. The van der Waals surface area contributed by atoms with Gasteiger partial charge in [-0.3, -0.25) is 14.5 Å². The van der Waals surface area contributed by atoms with Crippen LogP contribution >= 0.6 is 12.4 Å². The third kappa shape index (κ3) is 10.8. The number of likely N-dealkylation sites (tertiary alicyclic amines) is 1. The molecule has 44 heavy (non-hydrogen) atoms. The van der Waals surface area contributed by atoms with E-state index in [9.17, 15) is 9.59 Å². The number of hydrogen-bond donors (Lipinski definition) is 1. The molecule has 10 heteroatoms. The van der Waals surface area contributed by atoms with E-state index in [1.54, 1.807) is 0 Å². The number of carbonyl (C=O) groups is 2. The fourth-order valence-electron chi connectivity index (χ4n) is 6.06. The van der Waals surface area contributed by atoms with E-state index in [0.717, 1.165) is 94.3 Å². The van der Waals surface area contributed by atoms with Crippen molar-refractivity contribution in [2.45, 2.75) is 129 Å². The van der Waals surface area contributed by atoms with Gasteiger partial charge in [0, 0.05) is 42.7 Å². The van der Waals surface area contributed by atoms with Gasteiger partial charge in [-0.2, -0.15) is 0 Å². The minimum absolute atomic E-state index is 0. The third-order valence-electron chi connectivity index (χ3n) is 8.82. The lowest BCUT2D eigenvalue weighted by Gasteiger charge is -2.37. The standard InChI is InChI=1S/C20H32N2O3.C14H22N2O2.ClH/c1-20(2,3)19-13-16(21-25-19)12-18(23)17-6-4-5-9-22(17)14-15-7-10-24-11-8-15;1-14(2,3)13-9-10(16-18-13)8-12(17)11-6-4-5-7-15-11;/h13,15,17H,4-12,14H2,1-3H3;9,11,15H,4-8H2,1-3H3;1H/t17-;11-;/m00./s1. The molecule has 0 aromatic carbocycles. The maximum Gasteiger partial charge on any atom is 0.156 e. The summed E-state index contributed by atoms with van der Waals surface area (Å²) in [6.07, 6.45) is 9.57. The number of hydrogen-bond acceptors (Lipinski definition) is 9. The van der Waals surface area contributed by atoms with Crippen molar-refractivity contribution >= 4 is 24.0 Å².